The molecule has 28 heavy (non-hydrogen) atoms. The number of carbonyl (C=O) groups excluding carboxylic acids is 3. The van der Waals surface area contributed by atoms with Gasteiger partial charge in [0.2, 0.25) is 0 Å². The third kappa shape index (κ3) is 16.8. The molecule has 166 valence electrons. The van der Waals surface area contributed by atoms with Crippen molar-refractivity contribution in [1.29, 1.82) is 0 Å². The minimum atomic E-state index is -1.21. The molecule has 0 saturated heterocycles. The molecular weight excluding hydrogens is 376 g/mol. The molecule has 0 aromatic heterocycles. The molecular formula is C17H34N2O9. The van der Waals surface area contributed by atoms with Crippen LogP contribution in [0.3, 0.4) is 0 Å². The van der Waals surface area contributed by atoms with Gasteiger partial charge in [-0.25, -0.2) is 0 Å². The van der Waals surface area contributed by atoms with Gasteiger partial charge in [-0.15, -0.1) is 0 Å². The first kappa shape index (κ1) is 28.9. The SMILES string of the molecule is CC(=O)COCC(N)(COCC(C)=O)COCC(C)=O.NC(CO)(CO)CO. The van der Waals surface area contributed by atoms with Crippen molar-refractivity contribution in [2.75, 3.05) is 59.5 Å². The van der Waals surface area contributed by atoms with Crippen LogP contribution in [-0.2, 0) is 28.6 Å². The Morgan fingerprint density at radius 3 is 1.04 bits per heavy atom. The molecule has 0 saturated carbocycles. The molecule has 11 nitrogen and oxygen atoms in total. The fourth-order valence-corrected chi connectivity index (χ4v) is 1.47. The topological polar surface area (TPSA) is 192 Å². The molecule has 0 bridgehead atoms. The molecule has 7 N–H and O–H groups in total. The maximum Gasteiger partial charge on any atom is 0.155 e. The van der Waals surface area contributed by atoms with Gasteiger partial charge in [0.25, 0.3) is 0 Å². The molecule has 0 amide bonds. The number of Topliss-reactive ketones (excluding diaryl/α,β-unsaturated/α-hetero) is 3. The molecule has 0 aromatic rings. The Morgan fingerprint density at radius 2 is 0.893 bits per heavy atom. The minimum absolute atomic E-state index is 0.0301. The average Bonchev–Trinajstić information content (AvgIpc) is 2.60. The van der Waals surface area contributed by atoms with E-state index in [1.807, 2.05) is 0 Å². The summed E-state index contributed by atoms with van der Waals surface area (Å²) in [6, 6.07) is 0. The Kier molecular flexibility index (Phi) is 16.1. The number of ketones is 3. The van der Waals surface area contributed by atoms with Crippen LogP contribution < -0.4 is 11.5 Å². The lowest BCUT2D eigenvalue weighted by atomic mass is 10.1. The Morgan fingerprint density at radius 1 is 0.643 bits per heavy atom. The molecule has 0 aliphatic heterocycles. The molecule has 0 unspecified atom stereocenters. The van der Waals surface area contributed by atoms with Crippen LogP contribution >= 0.6 is 0 Å². The lowest BCUT2D eigenvalue weighted by Crippen LogP contribution is -2.53. The number of hydrogen-bond donors (Lipinski definition) is 5. The highest BCUT2D eigenvalue weighted by molar-refractivity contribution is 5.77. The molecule has 0 aromatic carbocycles. The first-order valence-corrected chi connectivity index (χ1v) is 8.55. The summed E-state index contributed by atoms with van der Waals surface area (Å²) in [5.41, 5.74) is 8.97. The number of rotatable bonds is 15. The molecule has 0 rings (SSSR count). The molecule has 0 atom stereocenters. The average molecular weight is 410 g/mol. The quantitative estimate of drug-likeness (QED) is 0.187. The Hall–Kier alpha value is -1.31. The standard InChI is InChI=1S/C13H23NO6.C4H11NO3/c1-10(15)4-18-7-13(14,8-19-5-11(2)16)9-20-6-12(3)17;5-4(1-6,2-7)3-8/h4-9,14H2,1-3H3;6-8H,1-3,5H2. The number of aliphatic hydroxyl groups is 3. The van der Waals surface area contributed by atoms with E-state index in [1.54, 1.807) is 0 Å². The van der Waals surface area contributed by atoms with Gasteiger partial charge < -0.3 is 41.0 Å². The lowest BCUT2D eigenvalue weighted by Gasteiger charge is -2.28. The summed E-state index contributed by atoms with van der Waals surface area (Å²) in [6.07, 6.45) is 0. The van der Waals surface area contributed by atoms with E-state index >= 15 is 0 Å². The minimum Gasteiger partial charge on any atom is -0.394 e. The van der Waals surface area contributed by atoms with Gasteiger partial charge in [-0.05, 0) is 20.8 Å². The van der Waals surface area contributed by atoms with E-state index < -0.39 is 30.9 Å². The Bertz CT molecular complexity index is 409. The van der Waals surface area contributed by atoms with E-state index in [9.17, 15) is 14.4 Å². The molecule has 11 heteroatoms. The van der Waals surface area contributed by atoms with E-state index in [-0.39, 0.29) is 57.0 Å². The van der Waals surface area contributed by atoms with Crippen LogP contribution in [0.4, 0.5) is 0 Å². The number of ether oxygens (including phenoxy) is 3. The van der Waals surface area contributed by atoms with Gasteiger partial charge in [-0.3, -0.25) is 14.4 Å². The van der Waals surface area contributed by atoms with Crippen LogP contribution in [-0.4, -0.2) is 103 Å². The predicted octanol–water partition coefficient (Wildman–Crippen LogP) is -2.84. The van der Waals surface area contributed by atoms with Crippen molar-refractivity contribution in [3.05, 3.63) is 0 Å². The van der Waals surface area contributed by atoms with Crippen LogP contribution in [0.2, 0.25) is 0 Å². The fourth-order valence-electron chi connectivity index (χ4n) is 1.47. The molecule has 0 aliphatic rings. The zero-order valence-corrected chi connectivity index (χ0v) is 16.8. The largest absolute Gasteiger partial charge is 0.394 e. The molecule has 0 heterocycles. The van der Waals surface area contributed by atoms with Crippen LogP contribution in [0, 0.1) is 0 Å². The second-order valence-electron chi connectivity index (χ2n) is 6.78. The summed E-state index contributed by atoms with van der Waals surface area (Å²) < 4.78 is 15.5. The highest BCUT2D eigenvalue weighted by Gasteiger charge is 2.27. The van der Waals surface area contributed by atoms with Crippen molar-refractivity contribution >= 4 is 17.3 Å². The van der Waals surface area contributed by atoms with E-state index in [0.717, 1.165) is 0 Å². The van der Waals surface area contributed by atoms with Gasteiger partial charge in [-0.1, -0.05) is 0 Å². The van der Waals surface area contributed by atoms with Crippen LogP contribution in [0.25, 0.3) is 0 Å². The first-order valence-electron chi connectivity index (χ1n) is 8.55. The van der Waals surface area contributed by atoms with Crippen molar-refractivity contribution in [3.63, 3.8) is 0 Å². The molecule has 0 radical (unpaired) electrons. The summed E-state index contributed by atoms with van der Waals surface area (Å²) in [5, 5.41) is 25.0. The summed E-state index contributed by atoms with van der Waals surface area (Å²) >= 11 is 0. The van der Waals surface area contributed by atoms with E-state index in [1.165, 1.54) is 20.8 Å². The Balaban J connectivity index is 0. The maximum absolute atomic E-state index is 10.8. The van der Waals surface area contributed by atoms with E-state index in [2.05, 4.69) is 0 Å². The summed E-state index contributed by atoms with van der Waals surface area (Å²) in [7, 11) is 0. The summed E-state index contributed by atoms with van der Waals surface area (Å²) in [4.78, 5) is 32.5. The van der Waals surface area contributed by atoms with Crippen molar-refractivity contribution in [2.45, 2.75) is 31.8 Å². The molecule has 0 aliphatic carbocycles. The normalized spacial score (nSPS) is 11.6. The highest BCUT2D eigenvalue weighted by Crippen LogP contribution is 2.05. The van der Waals surface area contributed by atoms with Gasteiger partial charge in [0.1, 0.15) is 19.8 Å². The van der Waals surface area contributed by atoms with Crippen molar-refractivity contribution < 1.29 is 43.9 Å². The number of aliphatic hydroxyl groups excluding tert-OH is 3. The van der Waals surface area contributed by atoms with Gasteiger partial charge >= 0.3 is 0 Å². The van der Waals surface area contributed by atoms with Crippen LogP contribution in [0.1, 0.15) is 20.8 Å². The molecule has 0 spiro atoms. The smallest absolute Gasteiger partial charge is 0.155 e. The van der Waals surface area contributed by atoms with Crippen molar-refractivity contribution in [2.24, 2.45) is 11.5 Å². The second kappa shape index (κ2) is 15.6. The number of nitrogens with two attached hydrogens (primary N) is 2. The lowest BCUT2D eigenvalue weighted by molar-refractivity contribution is -0.125. The van der Waals surface area contributed by atoms with Crippen LogP contribution in [0.15, 0.2) is 0 Å². The summed E-state index contributed by atoms with van der Waals surface area (Å²) in [6.45, 7) is 2.91. The zero-order valence-electron chi connectivity index (χ0n) is 16.8. The zero-order chi connectivity index (χ0) is 22.2. The van der Waals surface area contributed by atoms with Gasteiger partial charge in [0.15, 0.2) is 17.3 Å². The van der Waals surface area contributed by atoms with Gasteiger partial charge in [0, 0.05) is 0 Å². The van der Waals surface area contributed by atoms with Crippen molar-refractivity contribution in [1.82, 2.24) is 0 Å². The third-order valence-electron chi connectivity index (χ3n) is 3.03. The van der Waals surface area contributed by atoms with Crippen molar-refractivity contribution in [3.8, 4) is 0 Å². The molecule has 0 fully saturated rings. The monoisotopic (exact) mass is 410 g/mol. The fraction of sp³-hybridized carbons (Fsp3) is 0.824. The highest BCUT2D eigenvalue weighted by atomic mass is 16.5. The Labute approximate surface area is 164 Å². The predicted molar refractivity (Wildman–Crippen MR) is 99.6 cm³/mol. The second-order valence-corrected chi connectivity index (χ2v) is 6.78. The van der Waals surface area contributed by atoms with Gasteiger partial charge in [-0.2, -0.15) is 0 Å². The first-order chi connectivity index (χ1) is 12.9. The number of hydrogen-bond acceptors (Lipinski definition) is 11. The van der Waals surface area contributed by atoms with E-state index in [0.29, 0.717) is 0 Å². The third-order valence-corrected chi connectivity index (χ3v) is 3.03. The van der Waals surface area contributed by atoms with Gasteiger partial charge in [0.05, 0.1) is 50.7 Å². The maximum atomic E-state index is 10.8. The number of carbonyl (C=O) groups is 3. The van der Waals surface area contributed by atoms with Crippen LogP contribution in [0.5, 0.6) is 0 Å². The summed E-state index contributed by atoms with van der Waals surface area (Å²) in [5.74, 6) is -0.370. The van der Waals surface area contributed by atoms with E-state index in [4.69, 9.17) is 41.0 Å².